The minimum atomic E-state index is -1.04. The Morgan fingerprint density at radius 1 is 1.38 bits per heavy atom. The third-order valence-electron chi connectivity index (χ3n) is 3.78. The Kier molecular flexibility index (Phi) is 2.97. The van der Waals surface area contributed by atoms with Gasteiger partial charge in [0.15, 0.2) is 0 Å². The van der Waals surface area contributed by atoms with E-state index >= 15 is 0 Å². The second kappa shape index (κ2) is 4.69. The minimum absolute atomic E-state index is 0.136. The van der Waals surface area contributed by atoms with Crippen LogP contribution in [-0.4, -0.2) is 44.4 Å². The van der Waals surface area contributed by atoms with Crippen molar-refractivity contribution >= 4 is 28.8 Å². The van der Waals surface area contributed by atoms with Crippen molar-refractivity contribution in [2.45, 2.75) is 18.9 Å². The van der Waals surface area contributed by atoms with E-state index in [2.05, 4.69) is 4.98 Å². The molecule has 7 heteroatoms. The van der Waals surface area contributed by atoms with E-state index in [0.717, 1.165) is 4.90 Å². The standard InChI is InChI=1S/C14H13N3O4/c1-16-12(18)5-4-10(13(16)19)17-7-15-9-3-2-8(14(20)21)6-11(9)17/h2-3,6-7,10H,4-5H2,1H3,(H,20,21). The van der Waals surface area contributed by atoms with Crippen LogP contribution in [0.1, 0.15) is 29.2 Å². The van der Waals surface area contributed by atoms with Crippen molar-refractivity contribution in [2.24, 2.45) is 0 Å². The number of amides is 2. The number of imide groups is 1. The van der Waals surface area contributed by atoms with Gasteiger partial charge in [-0.05, 0) is 24.6 Å². The number of nitrogens with zero attached hydrogens (tertiary/aromatic N) is 3. The van der Waals surface area contributed by atoms with Crippen molar-refractivity contribution in [2.75, 3.05) is 7.05 Å². The number of hydrogen-bond donors (Lipinski definition) is 1. The first-order valence-electron chi connectivity index (χ1n) is 6.49. The number of hydrogen-bond acceptors (Lipinski definition) is 4. The van der Waals surface area contributed by atoms with Crippen LogP contribution in [0.25, 0.3) is 11.0 Å². The number of fused-ring (bicyclic) bond motifs is 1. The molecule has 1 fully saturated rings. The number of aromatic nitrogens is 2. The molecule has 2 aromatic rings. The lowest BCUT2D eigenvalue weighted by atomic mass is 10.0. The zero-order chi connectivity index (χ0) is 15.1. The number of likely N-dealkylation sites (tertiary alicyclic amines) is 1. The van der Waals surface area contributed by atoms with Crippen LogP contribution < -0.4 is 0 Å². The van der Waals surface area contributed by atoms with E-state index in [-0.39, 0.29) is 23.8 Å². The minimum Gasteiger partial charge on any atom is -0.478 e. The summed E-state index contributed by atoms with van der Waals surface area (Å²) in [5.41, 5.74) is 1.33. The number of aromatic carboxylic acids is 1. The zero-order valence-corrected chi connectivity index (χ0v) is 11.3. The third-order valence-corrected chi connectivity index (χ3v) is 3.78. The number of imidazole rings is 1. The normalized spacial score (nSPS) is 19.3. The Hall–Kier alpha value is -2.70. The Labute approximate surface area is 119 Å². The predicted octanol–water partition coefficient (Wildman–Crippen LogP) is 1.05. The van der Waals surface area contributed by atoms with E-state index in [1.54, 1.807) is 10.6 Å². The Balaban J connectivity index is 2.08. The molecule has 1 saturated heterocycles. The number of carboxylic acid groups (broad SMARTS) is 1. The van der Waals surface area contributed by atoms with Crippen LogP contribution in [0.3, 0.4) is 0 Å². The first-order chi connectivity index (χ1) is 9.99. The van der Waals surface area contributed by atoms with Crippen LogP contribution in [0.15, 0.2) is 24.5 Å². The molecule has 21 heavy (non-hydrogen) atoms. The number of likely N-dealkylation sites (N-methyl/N-ethyl adjacent to an activating group) is 1. The molecule has 1 atom stereocenters. The molecule has 0 spiro atoms. The van der Waals surface area contributed by atoms with Crippen LogP contribution in [-0.2, 0) is 9.59 Å². The number of piperidine rings is 1. The lowest BCUT2D eigenvalue weighted by Crippen LogP contribution is -2.43. The summed E-state index contributed by atoms with van der Waals surface area (Å²) < 4.78 is 1.65. The number of benzene rings is 1. The van der Waals surface area contributed by atoms with Gasteiger partial charge in [-0.15, -0.1) is 0 Å². The lowest BCUT2D eigenvalue weighted by molar-refractivity contribution is -0.149. The third kappa shape index (κ3) is 2.06. The molecule has 2 amide bonds. The van der Waals surface area contributed by atoms with Gasteiger partial charge in [0, 0.05) is 13.5 Å². The van der Waals surface area contributed by atoms with Gasteiger partial charge < -0.3 is 9.67 Å². The highest BCUT2D eigenvalue weighted by atomic mass is 16.4. The lowest BCUT2D eigenvalue weighted by Gasteiger charge is -2.28. The Bertz CT molecular complexity index is 765. The second-order valence-electron chi connectivity index (χ2n) is 5.01. The monoisotopic (exact) mass is 287 g/mol. The molecule has 0 bridgehead atoms. The molecule has 2 heterocycles. The molecular weight excluding hydrogens is 274 g/mol. The van der Waals surface area contributed by atoms with Gasteiger partial charge in [-0.2, -0.15) is 0 Å². The second-order valence-corrected chi connectivity index (χ2v) is 5.01. The smallest absolute Gasteiger partial charge is 0.335 e. The summed E-state index contributed by atoms with van der Waals surface area (Å²) in [5, 5.41) is 9.06. The van der Waals surface area contributed by atoms with E-state index in [4.69, 9.17) is 5.11 Å². The Morgan fingerprint density at radius 3 is 2.86 bits per heavy atom. The molecule has 1 aromatic carbocycles. The fourth-order valence-corrected chi connectivity index (χ4v) is 2.56. The maximum absolute atomic E-state index is 12.2. The fourth-order valence-electron chi connectivity index (χ4n) is 2.56. The highest BCUT2D eigenvalue weighted by Gasteiger charge is 2.33. The number of carbonyl (C=O) groups excluding carboxylic acids is 2. The molecule has 108 valence electrons. The SMILES string of the molecule is CN1C(=O)CCC(n2cnc3ccc(C(=O)O)cc32)C1=O. The summed E-state index contributed by atoms with van der Waals surface area (Å²) in [4.78, 5) is 40.1. The number of carboxylic acids is 1. The summed E-state index contributed by atoms with van der Waals surface area (Å²) in [7, 11) is 1.46. The first-order valence-corrected chi connectivity index (χ1v) is 6.49. The van der Waals surface area contributed by atoms with Crippen LogP contribution in [0.4, 0.5) is 0 Å². The van der Waals surface area contributed by atoms with E-state index in [1.807, 2.05) is 0 Å². The van der Waals surface area contributed by atoms with E-state index in [1.165, 1.54) is 25.5 Å². The molecule has 0 aliphatic carbocycles. The van der Waals surface area contributed by atoms with Crippen molar-refractivity contribution in [3.8, 4) is 0 Å². The maximum atomic E-state index is 12.2. The molecule has 1 N–H and O–H groups in total. The van der Waals surface area contributed by atoms with E-state index in [9.17, 15) is 14.4 Å². The highest BCUT2D eigenvalue weighted by molar-refractivity contribution is 6.00. The molecule has 1 aliphatic heterocycles. The average Bonchev–Trinajstić information content (AvgIpc) is 2.88. The summed E-state index contributed by atoms with van der Waals surface area (Å²) in [6.45, 7) is 0. The largest absolute Gasteiger partial charge is 0.478 e. The van der Waals surface area contributed by atoms with Gasteiger partial charge in [-0.25, -0.2) is 9.78 Å². The maximum Gasteiger partial charge on any atom is 0.335 e. The van der Waals surface area contributed by atoms with Crippen molar-refractivity contribution in [1.29, 1.82) is 0 Å². The topological polar surface area (TPSA) is 92.5 Å². The van der Waals surface area contributed by atoms with Crippen molar-refractivity contribution in [1.82, 2.24) is 14.5 Å². The first kappa shape index (κ1) is 13.3. The van der Waals surface area contributed by atoms with E-state index in [0.29, 0.717) is 17.5 Å². The predicted molar refractivity (Wildman–Crippen MR) is 72.7 cm³/mol. The molecule has 1 aliphatic rings. The highest BCUT2D eigenvalue weighted by Crippen LogP contribution is 2.27. The quantitative estimate of drug-likeness (QED) is 0.833. The van der Waals surface area contributed by atoms with Crippen LogP contribution >= 0.6 is 0 Å². The van der Waals surface area contributed by atoms with Crippen LogP contribution in [0.2, 0.25) is 0 Å². The van der Waals surface area contributed by atoms with Crippen molar-refractivity contribution in [3.63, 3.8) is 0 Å². The zero-order valence-electron chi connectivity index (χ0n) is 11.3. The van der Waals surface area contributed by atoms with E-state index < -0.39 is 12.0 Å². The van der Waals surface area contributed by atoms with Crippen molar-refractivity contribution in [3.05, 3.63) is 30.1 Å². The summed E-state index contributed by atoms with van der Waals surface area (Å²) in [6, 6.07) is 4.05. The summed E-state index contributed by atoms with van der Waals surface area (Å²) in [5.74, 6) is -1.54. The number of rotatable bonds is 2. The molecule has 1 unspecified atom stereocenters. The molecular formula is C14H13N3O4. The molecule has 0 saturated carbocycles. The van der Waals surface area contributed by atoms with Gasteiger partial charge >= 0.3 is 5.97 Å². The molecule has 1 aromatic heterocycles. The van der Waals surface area contributed by atoms with Gasteiger partial charge in [0.1, 0.15) is 6.04 Å². The fraction of sp³-hybridized carbons (Fsp3) is 0.286. The van der Waals surface area contributed by atoms with Gasteiger partial charge in [-0.1, -0.05) is 0 Å². The van der Waals surface area contributed by atoms with Crippen LogP contribution in [0.5, 0.6) is 0 Å². The summed E-state index contributed by atoms with van der Waals surface area (Å²) in [6.07, 6.45) is 2.19. The summed E-state index contributed by atoms with van der Waals surface area (Å²) >= 11 is 0. The number of carbonyl (C=O) groups is 3. The van der Waals surface area contributed by atoms with Gasteiger partial charge in [-0.3, -0.25) is 14.5 Å². The molecule has 3 rings (SSSR count). The molecule has 7 nitrogen and oxygen atoms in total. The molecule has 0 radical (unpaired) electrons. The van der Waals surface area contributed by atoms with Crippen LogP contribution in [0, 0.1) is 0 Å². The average molecular weight is 287 g/mol. The van der Waals surface area contributed by atoms with Gasteiger partial charge in [0.25, 0.3) is 5.91 Å². The Morgan fingerprint density at radius 2 is 2.14 bits per heavy atom. The van der Waals surface area contributed by atoms with Gasteiger partial charge in [0.2, 0.25) is 5.91 Å². The van der Waals surface area contributed by atoms with Gasteiger partial charge in [0.05, 0.1) is 22.9 Å². The van der Waals surface area contributed by atoms with Crippen molar-refractivity contribution < 1.29 is 19.5 Å².